The number of H-pyrrole nitrogens is 1. The van der Waals surface area contributed by atoms with Gasteiger partial charge in [-0.1, -0.05) is 30.3 Å². The monoisotopic (exact) mass is 304 g/mol. The number of benzene rings is 1. The fraction of sp³-hybridized carbons (Fsp3) is 0.231. The number of rotatable bonds is 7. The van der Waals surface area contributed by atoms with Crippen LogP contribution in [0, 0.1) is 0 Å². The topological polar surface area (TPSA) is 135 Å². The van der Waals surface area contributed by atoms with E-state index in [1.807, 2.05) is 30.3 Å². The highest BCUT2D eigenvalue weighted by atomic mass is 16.5. The van der Waals surface area contributed by atoms with Gasteiger partial charge in [-0.2, -0.15) is 0 Å². The molecule has 0 aliphatic rings. The van der Waals surface area contributed by atoms with E-state index in [9.17, 15) is 9.59 Å². The third kappa shape index (κ3) is 4.87. The van der Waals surface area contributed by atoms with E-state index in [0.29, 0.717) is 6.61 Å². The molecule has 0 aliphatic carbocycles. The third-order valence-electron chi connectivity index (χ3n) is 2.62. The molecule has 1 aromatic heterocycles. The maximum Gasteiger partial charge on any atom is 0.297 e. The number of nitrogens with two attached hydrogens (primary N) is 1. The van der Waals surface area contributed by atoms with Gasteiger partial charge in [0.05, 0.1) is 19.6 Å². The number of carbonyl (C=O) groups is 1. The third-order valence-corrected chi connectivity index (χ3v) is 2.62. The van der Waals surface area contributed by atoms with Crippen molar-refractivity contribution in [2.45, 2.75) is 13.0 Å². The van der Waals surface area contributed by atoms with Gasteiger partial charge in [0.15, 0.2) is 0 Å². The number of hydrogen-bond acceptors (Lipinski definition) is 7. The molecule has 1 amide bonds. The van der Waals surface area contributed by atoms with Crippen molar-refractivity contribution in [3.05, 3.63) is 46.2 Å². The number of aromatic amines is 1. The lowest BCUT2D eigenvalue weighted by Crippen LogP contribution is -2.34. The Morgan fingerprint density at radius 2 is 2.05 bits per heavy atom. The maximum absolute atomic E-state index is 11.6. The first kappa shape index (κ1) is 15.4. The van der Waals surface area contributed by atoms with Gasteiger partial charge in [0.25, 0.3) is 5.56 Å². The molecule has 0 saturated carbocycles. The molecule has 0 atom stereocenters. The maximum atomic E-state index is 11.6. The summed E-state index contributed by atoms with van der Waals surface area (Å²) in [7, 11) is 0. The molecule has 22 heavy (non-hydrogen) atoms. The Bertz CT molecular complexity index is 673. The molecule has 1 heterocycles. The normalized spacial score (nSPS) is 10.2. The second-order valence-corrected chi connectivity index (χ2v) is 4.35. The zero-order valence-electron chi connectivity index (χ0n) is 11.7. The standard InChI is InChI=1S/C13H16N6O3/c14-13-15-12(21)11(18-19-13)17-16-10(20)6-7-22-8-9-4-2-1-3-5-9/h1-5H,6-8H2,(H,16,20)(H,17,18)(H3,14,15,19,21). The van der Waals surface area contributed by atoms with Gasteiger partial charge in [0, 0.05) is 0 Å². The SMILES string of the molecule is Nc1nnc(NNC(=O)CCOCc2ccccc2)c(=O)[nH]1. The molecule has 116 valence electrons. The first-order valence-corrected chi connectivity index (χ1v) is 6.54. The van der Waals surface area contributed by atoms with Gasteiger partial charge in [-0.3, -0.25) is 25.4 Å². The smallest absolute Gasteiger partial charge is 0.297 e. The van der Waals surface area contributed by atoms with Crippen molar-refractivity contribution in [2.75, 3.05) is 17.8 Å². The van der Waals surface area contributed by atoms with Gasteiger partial charge in [-0.05, 0) is 5.56 Å². The van der Waals surface area contributed by atoms with Gasteiger partial charge in [-0.25, -0.2) is 0 Å². The number of ether oxygens (including phenoxy) is 1. The second kappa shape index (κ2) is 7.74. The van der Waals surface area contributed by atoms with Crippen LogP contribution in [0.3, 0.4) is 0 Å². The zero-order chi connectivity index (χ0) is 15.8. The molecule has 5 N–H and O–H groups in total. The van der Waals surface area contributed by atoms with E-state index in [2.05, 4.69) is 26.0 Å². The minimum Gasteiger partial charge on any atom is -0.376 e. The Hall–Kier alpha value is -2.94. The second-order valence-electron chi connectivity index (χ2n) is 4.35. The number of nitrogen functional groups attached to an aromatic ring is 1. The van der Waals surface area contributed by atoms with E-state index < -0.39 is 5.56 Å². The van der Waals surface area contributed by atoms with Crippen LogP contribution in [-0.2, 0) is 16.1 Å². The van der Waals surface area contributed by atoms with Crippen LogP contribution in [-0.4, -0.2) is 27.7 Å². The number of aromatic nitrogens is 3. The largest absolute Gasteiger partial charge is 0.376 e. The van der Waals surface area contributed by atoms with Crippen LogP contribution in [0.4, 0.5) is 11.8 Å². The summed E-state index contributed by atoms with van der Waals surface area (Å²) in [6.07, 6.45) is 0.139. The van der Waals surface area contributed by atoms with E-state index >= 15 is 0 Å². The van der Waals surface area contributed by atoms with Crippen molar-refractivity contribution < 1.29 is 9.53 Å². The lowest BCUT2D eigenvalue weighted by molar-refractivity contribution is -0.121. The summed E-state index contributed by atoms with van der Waals surface area (Å²) in [5.74, 6) is -0.588. The molecule has 0 spiro atoms. The molecule has 9 nitrogen and oxygen atoms in total. The Balaban J connectivity index is 1.67. The van der Waals surface area contributed by atoms with Gasteiger partial charge in [0.2, 0.25) is 17.7 Å². The van der Waals surface area contributed by atoms with Crippen molar-refractivity contribution in [2.24, 2.45) is 0 Å². The molecule has 2 rings (SSSR count). The van der Waals surface area contributed by atoms with E-state index in [1.165, 1.54) is 0 Å². The lowest BCUT2D eigenvalue weighted by Gasteiger charge is -2.07. The quantitative estimate of drug-likeness (QED) is 0.411. The average Bonchev–Trinajstić information content (AvgIpc) is 2.52. The summed E-state index contributed by atoms with van der Waals surface area (Å²) in [6, 6.07) is 9.63. The highest BCUT2D eigenvalue weighted by Crippen LogP contribution is 2.00. The molecular weight excluding hydrogens is 288 g/mol. The van der Waals surface area contributed by atoms with E-state index in [1.54, 1.807) is 0 Å². The van der Waals surface area contributed by atoms with Crippen LogP contribution in [0.5, 0.6) is 0 Å². The molecule has 0 fully saturated rings. The Morgan fingerprint density at radius 1 is 1.27 bits per heavy atom. The number of hydrogen-bond donors (Lipinski definition) is 4. The molecule has 9 heteroatoms. The first-order valence-electron chi connectivity index (χ1n) is 6.54. The molecule has 0 unspecified atom stereocenters. The fourth-order valence-corrected chi connectivity index (χ4v) is 1.55. The Morgan fingerprint density at radius 3 is 2.77 bits per heavy atom. The predicted molar refractivity (Wildman–Crippen MR) is 79.5 cm³/mol. The Kier molecular flexibility index (Phi) is 5.44. The lowest BCUT2D eigenvalue weighted by atomic mass is 10.2. The molecule has 0 radical (unpaired) electrons. The summed E-state index contributed by atoms with van der Waals surface area (Å²) >= 11 is 0. The number of anilines is 2. The predicted octanol–water partition coefficient (Wildman–Crippen LogP) is -0.203. The number of nitrogens with zero attached hydrogens (tertiary/aromatic N) is 2. The molecule has 0 bridgehead atoms. The summed E-state index contributed by atoms with van der Waals surface area (Å²) in [5, 5.41) is 6.97. The molecular formula is C13H16N6O3. The zero-order valence-corrected chi connectivity index (χ0v) is 11.7. The molecule has 0 saturated heterocycles. The number of carbonyl (C=O) groups excluding carboxylic acids is 1. The summed E-state index contributed by atoms with van der Waals surface area (Å²) in [5.41, 5.74) is 10.4. The summed E-state index contributed by atoms with van der Waals surface area (Å²) in [6.45, 7) is 0.691. The molecule has 1 aromatic carbocycles. The summed E-state index contributed by atoms with van der Waals surface area (Å²) in [4.78, 5) is 25.2. The molecule has 2 aromatic rings. The van der Waals surface area contributed by atoms with E-state index in [4.69, 9.17) is 10.5 Å². The van der Waals surface area contributed by atoms with Crippen LogP contribution in [0.25, 0.3) is 0 Å². The van der Waals surface area contributed by atoms with Crippen molar-refractivity contribution in [1.29, 1.82) is 0 Å². The van der Waals surface area contributed by atoms with Gasteiger partial charge < -0.3 is 10.5 Å². The highest BCUT2D eigenvalue weighted by molar-refractivity contribution is 5.77. The fourth-order valence-electron chi connectivity index (χ4n) is 1.55. The van der Waals surface area contributed by atoms with E-state index in [0.717, 1.165) is 5.56 Å². The number of hydrazine groups is 1. The van der Waals surface area contributed by atoms with Crippen LogP contribution in [0.15, 0.2) is 35.1 Å². The van der Waals surface area contributed by atoms with Gasteiger partial charge >= 0.3 is 0 Å². The molecule has 0 aliphatic heterocycles. The minimum atomic E-state index is -0.576. The number of amides is 1. The van der Waals surface area contributed by atoms with Crippen molar-refractivity contribution in [3.63, 3.8) is 0 Å². The van der Waals surface area contributed by atoms with Gasteiger partial charge in [-0.15, -0.1) is 10.2 Å². The van der Waals surface area contributed by atoms with Crippen LogP contribution in [0.2, 0.25) is 0 Å². The van der Waals surface area contributed by atoms with Gasteiger partial charge in [0.1, 0.15) is 0 Å². The van der Waals surface area contributed by atoms with Crippen molar-refractivity contribution >= 4 is 17.7 Å². The highest BCUT2D eigenvalue weighted by Gasteiger charge is 2.05. The number of nitrogens with one attached hydrogen (secondary N) is 3. The minimum absolute atomic E-state index is 0.101. The van der Waals surface area contributed by atoms with E-state index in [-0.39, 0.29) is 30.7 Å². The summed E-state index contributed by atoms with van der Waals surface area (Å²) < 4.78 is 5.38. The average molecular weight is 304 g/mol. The van der Waals surface area contributed by atoms with Crippen molar-refractivity contribution in [1.82, 2.24) is 20.6 Å². The first-order chi connectivity index (χ1) is 10.6. The van der Waals surface area contributed by atoms with Crippen LogP contribution in [0.1, 0.15) is 12.0 Å². The van der Waals surface area contributed by atoms with Crippen LogP contribution >= 0.6 is 0 Å². The van der Waals surface area contributed by atoms with Crippen molar-refractivity contribution in [3.8, 4) is 0 Å². The Labute approximate surface area is 125 Å². The van der Waals surface area contributed by atoms with Crippen LogP contribution < -0.4 is 22.1 Å².